The lowest BCUT2D eigenvalue weighted by Gasteiger charge is -2.36. The molecule has 0 saturated carbocycles. The number of carbonyl (C=O) groups is 1. The second kappa shape index (κ2) is 7.09. The molecular weight excluding hydrogens is 302 g/mol. The highest BCUT2D eigenvalue weighted by Gasteiger charge is 2.26. The topological polar surface area (TPSA) is 20.3 Å². The average molecular weight is 324 g/mol. The Hall–Kier alpha value is -0.830. The van der Waals surface area contributed by atoms with E-state index in [9.17, 15) is 4.79 Å². The summed E-state index contributed by atoms with van der Waals surface area (Å²) < 4.78 is 0. The zero-order valence-electron chi connectivity index (χ0n) is 11.6. The smallest absolute Gasteiger partial charge is 0.227 e. The van der Waals surface area contributed by atoms with Crippen molar-refractivity contribution >= 4 is 21.8 Å². The van der Waals surface area contributed by atoms with Crippen LogP contribution in [0.25, 0.3) is 0 Å². The molecule has 1 aliphatic rings. The van der Waals surface area contributed by atoms with E-state index in [-0.39, 0.29) is 0 Å². The van der Waals surface area contributed by atoms with Crippen molar-refractivity contribution in [3.63, 3.8) is 0 Å². The van der Waals surface area contributed by atoms with Gasteiger partial charge in [0.25, 0.3) is 0 Å². The third-order valence-corrected chi connectivity index (χ3v) is 4.45. The lowest BCUT2D eigenvalue weighted by molar-refractivity contribution is -0.134. The second-order valence-corrected chi connectivity index (χ2v) is 6.11. The van der Waals surface area contributed by atoms with E-state index >= 15 is 0 Å². The molecule has 19 heavy (non-hydrogen) atoms. The molecule has 1 saturated heterocycles. The van der Waals surface area contributed by atoms with Gasteiger partial charge in [-0.1, -0.05) is 40.2 Å². The standard InChI is InChI=1S/C16H22BrNO/c1-13-6-2-3-7-14(13)12-16(19)18-11-5-4-8-15(18)9-10-17/h2-3,6-7,15H,4-5,8-12H2,1H3. The molecule has 0 radical (unpaired) electrons. The highest BCUT2D eigenvalue weighted by atomic mass is 79.9. The predicted molar refractivity (Wildman–Crippen MR) is 82.6 cm³/mol. The number of likely N-dealkylation sites (tertiary alicyclic amines) is 1. The van der Waals surface area contributed by atoms with Crippen LogP contribution in [-0.4, -0.2) is 28.7 Å². The Morgan fingerprint density at radius 2 is 2.16 bits per heavy atom. The summed E-state index contributed by atoms with van der Waals surface area (Å²) in [5, 5.41) is 0.978. The molecule has 1 aromatic rings. The van der Waals surface area contributed by atoms with E-state index in [2.05, 4.69) is 39.9 Å². The normalized spacial score (nSPS) is 19.5. The monoisotopic (exact) mass is 323 g/mol. The van der Waals surface area contributed by atoms with E-state index in [0.717, 1.165) is 36.7 Å². The van der Waals surface area contributed by atoms with Crippen molar-refractivity contribution < 1.29 is 4.79 Å². The number of nitrogens with zero attached hydrogens (tertiary/aromatic N) is 1. The van der Waals surface area contributed by atoms with E-state index in [1.54, 1.807) is 0 Å². The van der Waals surface area contributed by atoms with Crippen molar-refractivity contribution in [1.29, 1.82) is 0 Å². The number of benzene rings is 1. The van der Waals surface area contributed by atoms with Gasteiger partial charge in [0.1, 0.15) is 0 Å². The van der Waals surface area contributed by atoms with Crippen LogP contribution in [0.3, 0.4) is 0 Å². The van der Waals surface area contributed by atoms with E-state index in [4.69, 9.17) is 0 Å². The third-order valence-electron chi connectivity index (χ3n) is 3.99. The van der Waals surface area contributed by atoms with Crippen LogP contribution >= 0.6 is 15.9 Å². The van der Waals surface area contributed by atoms with Crippen molar-refractivity contribution in [1.82, 2.24) is 4.90 Å². The van der Waals surface area contributed by atoms with E-state index in [0.29, 0.717) is 18.4 Å². The number of hydrogen-bond acceptors (Lipinski definition) is 1. The summed E-state index contributed by atoms with van der Waals surface area (Å²) in [5.74, 6) is 0.292. The van der Waals surface area contributed by atoms with Crippen LogP contribution in [0.1, 0.15) is 36.8 Å². The Balaban J connectivity index is 2.03. The molecule has 1 aliphatic heterocycles. The molecule has 0 N–H and O–H groups in total. The predicted octanol–water partition coefficient (Wildman–Crippen LogP) is 3.70. The van der Waals surface area contributed by atoms with Crippen molar-refractivity contribution in [2.24, 2.45) is 0 Å². The maximum Gasteiger partial charge on any atom is 0.227 e. The summed E-state index contributed by atoms with van der Waals surface area (Å²) in [6.45, 7) is 3.01. The minimum absolute atomic E-state index is 0.292. The zero-order valence-corrected chi connectivity index (χ0v) is 13.2. The fourth-order valence-electron chi connectivity index (χ4n) is 2.83. The Morgan fingerprint density at radius 3 is 2.89 bits per heavy atom. The number of halogens is 1. The molecule has 0 bridgehead atoms. The molecule has 1 amide bonds. The van der Waals surface area contributed by atoms with Crippen molar-refractivity contribution in [3.05, 3.63) is 35.4 Å². The summed E-state index contributed by atoms with van der Waals surface area (Å²) in [6, 6.07) is 8.62. The second-order valence-electron chi connectivity index (χ2n) is 5.32. The van der Waals surface area contributed by atoms with Crippen LogP contribution < -0.4 is 0 Å². The number of rotatable bonds is 4. The van der Waals surface area contributed by atoms with Gasteiger partial charge >= 0.3 is 0 Å². The van der Waals surface area contributed by atoms with Gasteiger partial charge in [-0.15, -0.1) is 0 Å². The molecule has 1 fully saturated rings. The first kappa shape index (κ1) is 14.6. The molecule has 2 rings (SSSR count). The molecule has 0 aromatic heterocycles. The molecule has 2 nitrogen and oxygen atoms in total. The first-order valence-electron chi connectivity index (χ1n) is 7.12. The molecule has 3 heteroatoms. The van der Waals surface area contributed by atoms with Crippen LogP contribution in [0.2, 0.25) is 0 Å². The lowest BCUT2D eigenvalue weighted by Crippen LogP contribution is -2.44. The van der Waals surface area contributed by atoms with Crippen LogP contribution in [0.15, 0.2) is 24.3 Å². The molecular formula is C16H22BrNO. The molecule has 1 aromatic carbocycles. The van der Waals surface area contributed by atoms with Gasteiger partial charge in [0, 0.05) is 17.9 Å². The number of piperidine rings is 1. The van der Waals surface area contributed by atoms with Gasteiger partial charge < -0.3 is 4.90 Å². The molecule has 0 aliphatic carbocycles. The summed E-state index contributed by atoms with van der Waals surface area (Å²) in [5.41, 5.74) is 2.38. The van der Waals surface area contributed by atoms with E-state index in [1.807, 2.05) is 12.1 Å². The number of hydrogen-bond donors (Lipinski definition) is 0. The number of amides is 1. The molecule has 104 valence electrons. The van der Waals surface area contributed by atoms with Crippen molar-refractivity contribution in [3.8, 4) is 0 Å². The van der Waals surface area contributed by atoms with Crippen LogP contribution in [-0.2, 0) is 11.2 Å². The minimum Gasteiger partial charge on any atom is -0.339 e. The average Bonchev–Trinajstić information content (AvgIpc) is 2.42. The van der Waals surface area contributed by atoms with Gasteiger partial charge in [-0.2, -0.15) is 0 Å². The van der Waals surface area contributed by atoms with Gasteiger partial charge in [-0.05, 0) is 43.7 Å². The summed E-state index contributed by atoms with van der Waals surface area (Å²) in [6.07, 6.45) is 5.18. The summed E-state index contributed by atoms with van der Waals surface area (Å²) >= 11 is 3.50. The molecule has 1 atom stereocenters. The van der Waals surface area contributed by atoms with Crippen molar-refractivity contribution in [2.75, 3.05) is 11.9 Å². The third kappa shape index (κ3) is 3.82. The highest BCUT2D eigenvalue weighted by molar-refractivity contribution is 9.09. The molecule has 0 spiro atoms. The van der Waals surface area contributed by atoms with Gasteiger partial charge in [-0.3, -0.25) is 4.79 Å². The SMILES string of the molecule is Cc1ccccc1CC(=O)N1CCCCC1CCBr. The van der Waals surface area contributed by atoms with E-state index < -0.39 is 0 Å². The Labute approximate surface area is 124 Å². The first-order valence-corrected chi connectivity index (χ1v) is 8.24. The van der Waals surface area contributed by atoms with Gasteiger partial charge in [0.2, 0.25) is 5.91 Å². The van der Waals surface area contributed by atoms with Gasteiger partial charge in [0.15, 0.2) is 0 Å². The fraction of sp³-hybridized carbons (Fsp3) is 0.562. The summed E-state index contributed by atoms with van der Waals surface area (Å²) in [7, 11) is 0. The molecule has 1 unspecified atom stereocenters. The zero-order chi connectivity index (χ0) is 13.7. The van der Waals surface area contributed by atoms with Gasteiger partial charge in [0.05, 0.1) is 6.42 Å². The largest absolute Gasteiger partial charge is 0.339 e. The maximum absolute atomic E-state index is 12.5. The lowest BCUT2D eigenvalue weighted by atomic mass is 9.98. The Bertz CT molecular complexity index is 431. The van der Waals surface area contributed by atoms with E-state index in [1.165, 1.54) is 12.0 Å². The quantitative estimate of drug-likeness (QED) is 0.773. The Kier molecular flexibility index (Phi) is 5.44. The van der Waals surface area contributed by atoms with Crippen LogP contribution in [0, 0.1) is 6.92 Å². The van der Waals surface area contributed by atoms with Crippen molar-refractivity contribution in [2.45, 2.75) is 45.1 Å². The minimum atomic E-state index is 0.292. The van der Waals surface area contributed by atoms with Crippen LogP contribution in [0.5, 0.6) is 0 Å². The number of aryl methyl sites for hydroxylation is 1. The highest BCUT2D eigenvalue weighted by Crippen LogP contribution is 2.22. The molecule has 1 heterocycles. The summed E-state index contributed by atoms with van der Waals surface area (Å²) in [4.78, 5) is 14.6. The Morgan fingerprint density at radius 1 is 1.37 bits per heavy atom. The maximum atomic E-state index is 12.5. The number of carbonyl (C=O) groups excluding carboxylic acids is 1. The number of alkyl halides is 1. The van der Waals surface area contributed by atoms with Crippen LogP contribution in [0.4, 0.5) is 0 Å². The first-order chi connectivity index (χ1) is 9.22. The van der Waals surface area contributed by atoms with Gasteiger partial charge in [-0.25, -0.2) is 0 Å². The fourth-order valence-corrected chi connectivity index (χ4v) is 3.36.